The van der Waals surface area contributed by atoms with Crippen molar-refractivity contribution >= 4 is 35.0 Å². The van der Waals surface area contributed by atoms with Gasteiger partial charge in [0, 0.05) is 17.9 Å². The summed E-state index contributed by atoms with van der Waals surface area (Å²) in [6.45, 7) is 0.423. The lowest BCUT2D eigenvalue weighted by Gasteiger charge is -2.02. The van der Waals surface area contributed by atoms with E-state index < -0.39 is 5.97 Å². The van der Waals surface area contributed by atoms with Crippen LogP contribution in [0.15, 0.2) is 30.5 Å². The lowest BCUT2D eigenvalue weighted by Crippen LogP contribution is -2.25. The van der Waals surface area contributed by atoms with Crippen molar-refractivity contribution in [3.63, 3.8) is 0 Å². The van der Waals surface area contributed by atoms with E-state index in [9.17, 15) is 9.59 Å². The van der Waals surface area contributed by atoms with Gasteiger partial charge in [-0.05, 0) is 24.3 Å². The number of aliphatic carboxylic acids is 1. The monoisotopic (exact) mass is 352 g/mol. The summed E-state index contributed by atoms with van der Waals surface area (Å²) in [5, 5.41) is 12.0. The van der Waals surface area contributed by atoms with Crippen molar-refractivity contribution < 1.29 is 19.4 Å². The number of rotatable bonds is 8. The zero-order chi connectivity index (χ0) is 16.7. The standard InChI is InChI=1S/C15H16N2O4S2/c1-21-11-4-2-10(3-5-11)15-17-8-12(23-15)14(20)16-6-7-22-9-13(18)19/h2-5,8H,6-7,9H2,1H3,(H,16,20)(H,18,19). The zero-order valence-electron chi connectivity index (χ0n) is 12.4. The molecule has 1 heterocycles. The molecule has 0 saturated heterocycles. The highest BCUT2D eigenvalue weighted by molar-refractivity contribution is 7.99. The fourth-order valence-electron chi connectivity index (χ4n) is 1.73. The first-order valence-electron chi connectivity index (χ1n) is 6.78. The van der Waals surface area contributed by atoms with Crippen molar-refractivity contribution in [1.29, 1.82) is 0 Å². The van der Waals surface area contributed by atoms with Gasteiger partial charge in [0.05, 0.1) is 19.1 Å². The first-order chi connectivity index (χ1) is 11.1. The van der Waals surface area contributed by atoms with E-state index in [2.05, 4.69) is 10.3 Å². The van der Waals surface area contributed by atoms with Crippen LogP contribution in [0.5, 0.6) is 5.75 Å². The molecule has 8 heteroatoms. The molecule has 2 N–H and O–H groups in total. The molecule has 2 rings (SSSR count). The number of carbonyl (C=O) groups is 2. The Bertz CT molecular complexity index is 670. The Morgan fingerprint density at radius 3 is 2.74 bits per heavy atom. The quantitative estimate of drug-likeness (QED) is 0.709. The molecule has 0 aliphatic rings. The van der Waals surface area contributed by atoms with Crippen LogP contribution in [0, 0.1) is 0 Å². The zero-order valence-corrected chi connectivity index (χ0v) is 14.1. The van der Waals surface area contributed by atoms with Crippen molar-refractivity contribution in [3.05, 3.63) is 35.3 Å². The minimum atomic E-state index is -0.854. The number of carboxylic acid groups (broad SMARTS) is 1. The SMILES string of the molecule is COc1ccc(-c2ncc(C(=O)NCCSCC(=O)O)s2)cc1. The third-order valence-electron chi connectivity index (χ3n) is 2.82. The minimum absolute atomic E-state index is 0.0397. The number of nitrogens with zero attached hydrogens (tertiary/aromatic N) is 1. The van der Waals surface area contributed by atoms with E-state index in [0.717, 1.165) is 16.3 Å². The largest absolute Gasteiger partial charge is 0.497 e. The van der Waals surface area contributed by atoms with Gasteiger partial charge in [-0.25, -0.2) is 4.98 Å². The Morgan fingerprint density at radius 1 is 1.35 bits per heavy atom. The molecule has 1 aromatic heterocycles. The number of nitrogens with one attached hydrogen (secondary N) is 1. The Morgan fingerprint density at radius 2 is 2.09 bits per heavy atom. The van der Waals surface area contributed by atoms with Crippen LogP contribution in [0.1, 0.15) is 9.67 Å². The summed E-state index contributed by atoms with van der Waals surface area (Å²) >= 11 is 2.58. The van der Waals surface area contributed by atoms with Crippen LogP contribution in [-0.4, -0.2) is 47.1 Å². The number of benzene rings is 1. The molecule has 0 saturated carbocycles. The molecule has 1 amide bonds. The Kier molecular flexibility index (Phi) is 6.42. The fourth-order valence-corrected chi connectivity index (χ4v) is 3.13. The lowest BCUT2D eigenvalue weighted by atomic mass is 10.2. The topological polar surface area (TPSA) is 88.5 Å². The molecule has 0 spiro atoms. The normalized spacial score (nSPS) is 10.3. The molecule has 0 aliphatic carbocycles. The van der Waals surface area contributed by atoms with Crippen LogP contribution in [0.3, 0.4) is 0 Å². The summed E-state index contributed by atoms with van der Waals surface area (Å²) in [5.74, 6) is 0.313. The first kappa shape index (κ1) is 17.3. The van der Waals surface area contributed by atoms with Gasteiger partial charge in [0.1, 0.15) is 15.6 Å². The van der Waals surface area contributed by atoms with Gasteiger partial charge in [0.2, 0.25) is 0 Å². The van der Waals surface area contributed by atoms with Gasteiger partial charge in [-0.2, -0.15) is 0 Å². The van der Waals surface area contributed by atoms with Crippen LogP contribution < -0.4 is 10.1 Å². The molecule has 122 valence electrons. The summed E-state index contributed by atoms with van der Waals surface area (Å²) in [7, 11) is 1.61. The number of hydrogen-bond acceptors (Lipinski definition) is 6. The molecular weight excluding hydrogens is 336 g/mol. The molecule has 0 unspecified atom stereocenters. The number of aromatic nitrogens is 1. The van der Waals surface area contributed by atoms with Crippen molar-refractivity contribution in [2.24, 2.45) is 0 Å². The summed E-state index contributed by atoms with van der Waals surface area (Å²) in [6.07, 6.45) is 1.55. The van der Waals surface area contributed by atoms with Crippen LogP contribution in [0.4, 0.5) is 0 Å². The third kappa shape index (κ3) is 5.26. The van der Waals surface area contributed by atoms with Gasteiger partial charge in [-0.15, -0.1) is 23.1 Å². The predicted molar refractivity (Wildman–Crippen MR) is 91.4 cm³/mol. The smallest absolute Gasteiger partial charge is 0.313 e. The van der Waals surface area contributed by atoms with Crippen LogP contribution in [0.25, 0.3) is 10.6 Å². The number of ether oxygens (including phenoxy) is 1. The van der Waals surface area contributed by atoms with Gasteiger partial charge >= 0.3 is 5.97 Å². The highest BCUT2D eigenvalue weighted by Gasteiger charge is 2.11. The molecule has 0 fully saturated rings. The third-order valence-corrected chi connectivity index (χ3v) is 4.81. The summed E-state index contributed by atoms with van der Waals surface area (Å²) in [4.78, 5) is 27.2. The van der Waals surface area contributed by atoms with Crippen LogP contribution >= 0.6 is 23.1 Å². The molecule has 0 atom stereocenters. The maximum Gasteiger partial charge on any atom is 0.313 e. The maximum atomic E-state index is 12.0. The number of methoxy groups -OCH3 is 1. The molecule has 6 nitrogen and oxygen atoms in total. The highest BCUT2D eigenvalue weighted by Crippen LogP contribution is 2.26. The van der Waals surface area contributed by atoms with Crippen molar-refractivity contribution in [3.8, 4) is 16.3 Å². The number of hydrogen-bond donors (Lipinski definition) is 2. The number of carboxylic acids is 1. The Hall–Kier alpha value is -2.06. The number of thioether (sulfide) groups is 1. The molecule has 0 radical (unpaired) electrons. The summed E-state index contributed by atoms with van der Waals surface area (Å²) in [6, 6.07) is 7.47. The van der Waals surface area contributed by atoms with Crippen molar-refractivity contribution in [2.45, 2.75) is 0 Å². The molecule has 0 aliphatic heterocycles. The van der Waals surface area contributed by atoms with E-state index in [0.29, 0.717) is 17.2 Å². The van der Waals surface area contributed by atoms with E-state index in [-0.39, 0.29) is 11.7 Å². The van der Waals surface area contributed by atoms with Crippen molar-refractivity contribution in [2.75, 3.05) is 25.2 Å². The van der Waals surface area contributed by atoms with Gasteiger partial charge in [0.25, 0.3) is 5.91 Å². The summed E-state index contributed by atoms with van der Waals surface area (Å²) < 4.78 is 5.11. The van der Waals surface area contributed by atoms with Gasteiger partial charge in [0.15, 0.2) is 0 Å². The lowest BCUT2D eigenvalue weighted by molar-refractivity contribution is -0.133. The molecule has 0 bridgehead atoms. The Labute approximate surface area is 141 Å². The average molecular weight is 352 g/mol. The predicted octanol–water partition coefficient (Wildman–Crippen LogP) is 2.37. The Balaban J connectivity index is 1.87. The van der Waals surface area contributed by atoms with E-state index in [1.165, 1.54) is 23.1 Å². The maximum absolute atomic E-state index is 12.0. The van der Waals surface area contributed by atoms with Crippen LogP contribution in [-0.2, 0) is 4.79 Å². The molecule has 23 heavy (non-hydrogen) atoms. The average Bonchev–Trinajstić information content (AvgIpc) is 3.04. The van der Waals surface area contributed by atoms with E-state index in [1.807, 2.05) is 24.3 Å². The molecular formula is C15H16N2O4S2. The van der Waals surface area contributed by atoms with Crippen molar-refractivity contribution in [1.82, 2.24) is 10.3 Å². The van der Waals surface area contributed by atoms with Gasteiger partial charge < -0.3 is 15.2 Å². The highest BCUT2D eigenvalue weighted by atomic mass is 32.2. The second-order valence-corrected chi connectivity index (χ2v) is 6.60. The van der Waals surface area contributed by atoms with E-state index in [4.69, 9.17) is 9.84 Å². The van der Waals surface area contributed by atoms with E-state index >= 15 is 0 Å². The number of thiazole rings is 1. The second kappa shape index (κ2) is 8.54. The summed E-state index contributed by atoms with van der Waals surface area (Å²) in [5.41, 5.74) is 0.923. The van der Waals surface area contributed by atoms with Gasteiger partial charge in [-0.1, -0.05) is 0 Å². The second-order valence-electron chi connectivity index (χ2n) is 4.46. The number of amides is 1. The fraction of sp³-hybridized carbons (Fsp3) is 0.267. The van der Waals surface area contributed by atoms with Gasteiger partial charge in [-0.3, -0.25) is 9.59 Å². The minimum Gasteiger partial charge on any atom is -0.497 e. The number of carbonyl (C=O) groups excluding carboxylic acids is 1. The van der Waals surface area contributed by atoms with Crippen LogP contribution in [0.2, 0.25) is 0 Å². The molecule has 2 aromatic rings. The molecule has 1 aromatic carbocycles. The van der Waals surface area contributed by atoms with E-state index in [1.54, 1.807) is 13.3 Å². The first-order valence-corrected chi connectivity index (χ1v) is 8.75.